The van der Waals surface area contributed by atoms with Gasteiger partial charge in [0.1, 0.15) is 30.8 Å². The molecule has 4 saturated carbocycles. The number of carbonyl (C=O) groups excluding carboxylic acids is 6. The van der Waals surface area contributed by atoms with Gasteiger partial charge in [0, 0.05) is 19.6 Å². The largest absolute Gasteiger partial charge is 0.460 e. The van der Waals surface area contributed by atoms with Crippen LogP contribution in [0.3, 0.4) is 0 Å². The van der Waals surface area contributed by atoms with E-state index in [9.17, 15) is 28.8 Å². The van der Waals surface area contributed by atoms with Crippen molar-refractivity contribution in [2.24, 2.45) is 52.7 Å². The van der Waals surface area contributed by atoms with Gasteiger partial charge in [-0.3, -0.25) is 28.8 Å². The second kappa shape index (κ2) is 22.0. The van der Waals surface area contributed by atoms with Gasteiger partial charge >= 0.3 is 5.97 Å². The summed E-state index contributed by atoms with van der Waals surface area (Å²) < 4.78 is 11.8. The van der Waals surface area contributed by atoms with E-state index in [2.05, 4.69) is 16.0 Å². The molecular weight excluding hydrogens is 718 g/mol. The van der Waals surface area contributed by atoms with Gasteiger partial charge in [-0.2, -0.15) is 0 Å². The molecule has 0 saturated heterocycles. The number of amides is 5. The Balaban J connectivity index is 1.43. The van der Waals surface area contributed by atoms with Crippen LogP contribution in [0, 0.1) is 35.5 Å². The molecule has 15 nitrogen and oxygen atoms in total. The minimum absolute atomic E-state index is 0.0565. The van der Waals surface area contributed by atoms with Gasteiger partial charge in [0.05, 0.1) is 24.5 Å². The molecule has 0 radical (unpaired) electrons. The summed E-state index contributed by atoms with van der Waals surface area (Å²) in [4.78, 5) is 81.4. The van der Waals surface area contributed by atoms with E-state index in [0.29, 0.717) is 31.1 Å². The summed E-state index contributed by atoms with van der Waals surface area (Å²) in [7, 11) is 1.58. The zero-order valence-corrected chi connectivity index (χ0v) is 34.3. The molecule has 0 heterocycles. The lowest BCUT2D eigenvalue weighted by molar-refractivity contribution is -0.158. The number of carbonyl (C=O) groups is 6. The van der Waals surface area contributed by atoms with E-state index < -0.39 is 59.8 Å². The van der Waals surface area contributed by atoms with Crippen molar-refractivity contribution in [2.45, 2.75) is 160 Å². The van der Waals surface area contributed by atoms with Crippen molar-refractivity contribution in [1.82, 2.24) is 20.9 Å². The van der Waals surface area contributed by atoms with Crippen LogP contribution < -0.4 is 33.2 Å². The quantitative estimate of drug-likeness (QED) is 0.0689. The monoisotopic (exact) mass is 790 g/mol. The first-order valence-corrected chi connectivity index (χ1v) is 21.4. The van der Waals surface area contributed by atoms with Gasteiger partial charge in [0.15, 0.2) is 0 Å². The number of fused-ring (bicyclic) bond motifs is 2. The van der Waals surface area contributed by atoms with Crippen molar-refractivity contribution in [3.05, 3.63) is 0 Å². The molecular formula is C41H71N7O8. The third-order valence-electron chi connectivity index (χ3n) is 13.0. The predicted octanol–water partition coefficient (Wildman–Crippen LogP) is 2.02. The van der Waals surface area contributed by atoms with E-state index >= 15 is 0 Å². The Morgan fingerprint density at radius 3 is 2.12 bits per heavy atom. The summed E-state index contributed by atoms with van der Waals surface area (Å²) >= 11 is 0. The lowest BCUT2D eigenvalue weighted by Crippen LogP contribution is -2.60. The summed E-state index contributed by atoms with van der Waals surface area (Å²) in [6.45, 7) is 5.08. The fourth-order valence-corrected chi connectivity index (χ4v) is 9.37. The highest BCUT2D eigenvalue weighted by Gasteiger charge is 2.42. The van der Waals surface area contributed by atoms with Crippen molar-refractivity contribution in [2.75, 3.05) is 26.7 Å². The molecule has 0 aliphatic heterocycles. The standard InChI is InChI=1S/C41H71N7O8/c1-5-10-33(39(52)47-36(27-11-8-6-7-9-12-27)40(53)46-32(21-42)37(44)50)48(4)41(54)25(3)34(16-15-29-18-26-13-14-28(29)17-26)56-35(49)22-45-38(51)24(2)23-55-31-19-30(43)20-31/h24-34,36H,5-23,42-43H2,1-4H3,(H2,44,50)(H,45,51)(H,46,53)(H,47,52)/t24-,25+,26?,28?,29?,30?,31?,32-,33-,34+,36-/m0/s1. The summed E-state index contributed by atoms with van der Waals surface area (Å²) in [5.41, 5.74) is 17.0. The highest BCUT2D eigenvalue weighted by molar-refractivity contribution is 5.94. The van der Waals surface area contributed by atoms with E-state index in [1.165, 1.54) is 24.2 Å². The number of likely N-dealkylation sites (N-methyl/N-ethyl adjacent to an activating group) is 1. The Hall–Kier alpha value is -3.30. The molecule has 4 aliphatic rings. The molecule has 15 heteroatoms. The zero-order chi connectivity index (χ0) is 40.9. The number of hydrogen-bond acceptors (Lipinski definition) is 10. The van der Waals surface area contributed by atoms with Crippen molar-refractivity contribution < 1.29 is 38.2 Å². The summed E-state index contributed by atoms with van der Waals surface area (Å²) in [5.74, 6) is -2.59. The molecule has 3 unspecified atom stereocenters. The molecule has 2 bridgehead atoms. The van der Waals surface area contributed by atoms with Gasteiger partial charge in [0.2, 0.25) is 29.5 Å². The molecule has 56 heavy (non-hydrogen) atoms. The number of ether oxygens (including phenoxy) is 2. The van der Waals surface area contributed by atoms with Crippen LogP contribution in [0.1, 0.15) is 124 Å². The predicted molar refractivity (Wildman–Crippen MR) is 211 cm³/mol. The minimum Gasteiger partial charge on any atom is -0.460 e. The van der Waals surface area contributed by atoms with Gasteiger partial charge in [-0.25, -0.2) is 0 Å². The Morgan fingerprint density at radius 2 is 1.55 bits per heavy atom. The minimum atomic E-state index is -1.08. The highest BCUT2D eigenvalue weighted by atomic mass is 16.5. The maximum atomic E-state index is 14.3. The maximum absolute atomic E-state index is 14.3. The highest BCUT2D eigenvalue weighted by Crippen LogP contribution is 2.50. The van der Waals surface area contributed by atoms with E-state index in [1.807, 2.05) is 6.92 Å². The molecule has 318 valence electrons. The number of rotatable bonds is 22. The van der Waals surface area contributed by atoms with Crippen LogP contribution in [-0.4, -0.2) is 104 Å². The van der Waals surface area contributed by atoms with Crippen LogP contribution in [0.4, 0.5) is 0 Å². The first-order chi connectivity index (χ1) is 26.7. The third-order valence-corrected chi connectivity index (χ3v) is 13.0. The number of nitrogens with zero attached hydrogens (tertiary/aromatic N) is 1. The Bertz CT molecular complexity index is 1340. The Morgan fingerprint density at radius 1 is 0.857 bits per heavy atom. The molecule has 4 aliphatic carbocycles. The van der Waals surface area contributed by atoms with Crippen LogP contribution in [0.2, 0.25) is 0 Å². The maximum Gasteiger partial charge on any atom is 0.325 e. The summed E-state index contributed by atoms with van der Waals surface area (Å²) in [5, 5.41) is 8.26. The molecule has 0 spiro atoms. The summed E-state index contributed by atoms with van der Waals surface area (Å²) in [6, 6.07) is -2.78. The number of hydrogen-bond donors (Lipinski definition) is 6. The lowest BCUT2D eigenvalue weighted by atomic mass is 9.83. The average molecular weight is 790 g/mol. The van der Waals surface area contributed by atoms with Gasteiger partial charge in [-0.15, -0.1) is 0 Å². The second-order valence-corrected chi connectivity index (χ2v) is 17.3. The molecule has 4 fully saturated rings. The topological polar surface area (TPSA) is 238 Å². The van der Waals surface area contributed by atoms with Crippen LogP contribution >= 0.6 is 0 Å². The Kier molecular flexibility index (Phi) is 17.8. The second-order valence-electron chi connectivity index (χ2n) is 17.3. The van der Waals surface area contributed by atoms with E-state index in [4.69, 9.17) is 26.7 Å². The molecule has 0 aromatic heterocycles. The van der Waals surface area contributed by atoms with Crippen molar-refractivity contribution in [3.63, 3.8) is 0 Å². The number of nitrogens with one attached hydrogen (secondary N) is 3. The van der Waals surface area contributed by atoms with Crippen LogP contribution in [0.5, 0.6) is 0 Å². The van der Waals surface area contributed by atoms with E-state index in [1.54, 1.807) is 20.9 Å². The summed E-state index contributed by atoms with van der Waals surface area (Å²) in [6.07, 6.45) is 13.2. The van der Waals surface area contributed by atoms with Gasteiger partial charge < -0.3 is 47.5 Å². The van der Waals surface area contributed by atoms with Crippen LogP contribution in [-0.2, 0) is 38.2 Å². The van der Waals surface area contributed by atoms with Crippen LogP contribution in [0.15, 0.2) is 0 Å². The Labute approximate surface area is 333 Å². The number of nitrogens with two attached hydrogens (primary N) is 3. The molecule has 9 N–H and O–H groups in total. The molecule has 0 aromatic rings. The van der Waals surface area contributed by atoms with Gasteiger partial charge in [-0.05, 0) is 87.9 Å². The molecule has 0 aromatic carbocycles. The first-order valence-electron chi connectivity index (χ1n) is 21.4. The van der Waals surface area contributed by atoms with Crippen LogP contribution in [0.25, 0.3) is 0 Å². The van der Waals surface area contributed by atoms with Crippen molar-refractivity contribution >= 4 is 35.5 Å². The van der Waals surface area contributed by atoms with Crippen molar-refractivity contribution in [1.29, 1.82) is 0 Å². The van der Waals surface area contributed by atoms with E-state index in [0.717, 1.165) is 70.1 Å². The smallest absolute Gasteiger partial charge is 0.325 e. The number of esters is 1. The normalized spacial score (nSPS) is 26.6. The first kappa shape index (κ1) is 45.4. The number of primary amides is 1. The molecule has 9 atom stereocenters. The van der Waals surface area contributed by atoms with Gasteiger partial charge in [-0.1, -0.05) is 59.3 Å². The SMILES string of the molecule is CCC[C@@H](C(=O)N[C@H](C(=O)N[C@@H](CN)C(N)=O)C1CCCCCC1)N(C)C(=O)[C@H](C)[C@@H](CCC1CC2CCC1C2)OC(=O)CNC(=O)[C@@H](C)COC1CC(N)C1. The van der Waals surface area contributed by atoms with Crippen molar-refractivity contribution in [3.8, 4) is 0 Å². The zero-order valence-electron chi connectivity index (χ0n) is 34.3. The van der Waals surface area contributed by atoms with E-state index in [-0.39, 0.29) is 49.6 Å². The average Bonchev–Trinajstić information content (AvgIpc) is 3.69. The molecule has 5 amide bonds. The fourth-order valence-electron chi connectivity index (χ4n) is 9.37. The fraction of sp³-hybridized carbons (Fsp3) is 0.854. The lowest BCUT2D eigenvalue weighted by Gasteiger charge is -2.34. The third kappa shape index (κ3) is 12.9. The van der Waals surface area contributed by atoms with Gasteiger partial charge in [0.25, 0.3) is 0 Å². The molecule has 4 rings (SSSR count).